The largest absolute Gasteiger partial charge is 0.379 e. The van der Waals surface area contributed by atoms with Crippen LogP contribution in [0.1, 0.15) is 24.7 Å². The van der Waals surface area contributed by atoms with E-state index in [0.717, 1.165) is 23.3 Å². The van der Waals surface area contributed by atoms with Crippen LogP contribution in [0.5, 0.6) is 0 Å². The highest BCUT2D eigenvalue weighted by Crippen LogP contribution is 2.41. The molecule has 0 spiro atoms. The van der Waals surface area contributed by atoms with E-state index in [0.29, 0.717) is 13.2 Å². The van der Waals surface area contributed by atoms with Crippen molar-refractivity contribution in [2.75, 3.05) is 13.2 Å². The highest BCUT2D eigenvalue weighted by molar-refractivity contribution is 5.77. The van der Waals surface area contributed by atoms with E-state index in [1.54, 1.807) is 0 Å². The fraction of sp³-hybridized carbons (Fsp3) is 0.500. The van der Waals surface area contributed by atoms with E-state index in [9.17, 15) is 5.26 Å². The van der Waals surface area contributed by atoms with E-state index in [1.807, 2.05) is 14.0 Å². The third kappa shape index (κ3) is 1.66. The SMILES string of the molecule is CCC(C#N)C1(c2ccc3c(c2)nc(C)n3C)COC1. The van der Waals surface area contributed by atoms with Crippen LogP contribution in [0.4, 0.5) is 0 Å². The maximum Gasteiger partial charge on any atom is 0.106 e. The zero-order chi connectivity index (χ0) is 14.3. The van der Waals surface area contributed by atoms with E-state index in [2.05, 4.69) is 40.7 Å². The average Bonchev–Trinajstić information content (AvgIpc) is 2.68. The summed E-state index contributed by atoms with van der Waals surface area (Å²) in [7, 11) is 2.02. The van der Waals surface area contributed by atoms with Gasteiger partial charge in [0.25, 0.3) is 0 Å². The zero-order valence-corrected chi connectivity index (χ0v) is 12.2. The predicted octanol–water partition coefficient (Wildman–Crippen LogP) is 2.70. The number of benzene rings is 1. The number of imidazole rings is 1. The number of rotatable bonds is 3. The maximum atomic E-state index is 9.42. The van der Waals surface area contributed by atoms with Crippen LogP contribution in [-0.2, 0) is 17.2 Å². The Bertz CT molecular complexity index is 692. The van der Waals surface area contributed by atoms with E-state index in [4.69, 9.17) is 4.74 Å². The van der Waals surface area contributed by atoms with Gasteiger partial charge in [0, 0.05) is 7.05 Å². The average molecular weight is 269 g/mol. The highest BCUT2D eigenvalue weighted by Gasteiger charge is 2.46. The minimum absolute atomic E-state index is 0.00138. The standard InChI is InChI=1S/C16H19N3O/c1-4-12(8-17)16(9-20-10-16)13-5-6-15-14(7-13)18-11(2)19(15)3/h5-7,12H,4,9-10H2,1-3H3. The van der Waals surface area contributed by atoms with Gasteiger partial charge in [-0.25, -0.2) is 4.98 Å². The molecular formula is C16H19N3O. The number of hydrogen-bond acceptors (Lipinski definition) is 3. The summed E-state index contributed by atoms with van der Waals surface area (Å²) in [6.45, 7) is 5.34. The Kier molecular flexibility index (Phi) is 3.02. The minimum atomic E-state index is -0.150. The molecule has 2 heterocycles. The second kappa shape index (κ2) is 4.60. The van der Waals surface area contributed by atoms with Gasteiger partial charge >= 0.3 is 0 Å². The fourth-order valence-corrected chi connectivity index (χ4v) is 3.13. The summed E-state index contributed by atoms with van der Waals surface area (Å²) >= 11 is 0. The van der Waals surface area contributed by atoms with Gasteiger partial charge in [-0.15, -0.1) is 0 Å². The van der Waals surface area contributed by atoms with E-state index in [-0.39, 0.29) is 11.3 Å². The summed E-state index contributed by atoms with van der Waals surface area (Å²) in [4.78, 5) is 4.60. The molecule has 0 bridgehead atoms. The molecule has 0 radical (unpaired) electrons. The van der Waals surface area contributed by atoms with Gasteiger partial charge in [0.05, 0.1) is 41.6 Å². The van der Waals surface area contributed by atoms with Crippen molar-refractivity contribution in [2.24, 2.45) is 13.0 Å². The molecule has 1 atom stereocenters. The molecule has 104 valence electrons. The monoisotopic (exact) mass is 269 g/mol. The summed E-state index contributed by atoms with van der Waals surface area (Å²) in [5.74, 6) is 1.00. The molecule has 1 aliphatic heterocycles. The lowest BCUT2D eigenvalue weighted by atomic mass is 9.68. The van der Waals surface area contributed by atoms with Crippen molar-refractivity contribution in [2.45, 2.75) is 25.7 Å². The first-order chi connectivity index (χ1) is 9.62. The Morgan fingerprint density at radius 2 is 2.25 bits per heavy atom. The van der Waals surface area contributed by atoms with Gasteiger partial charge in [0.2, 0.25) is 0 Å². The number of fused-ring (bicyclic) bond motifs is 1. The van der Waals surface area contributed by atoms with Gasteiger partial charge < -0.3 is 9.30 Å². The van der Waals surface area contributed by atoms with Crippen LogP contribution in [0.15, 0.2) is 18.2 Å². The van der Waals surface area contributed by atoms with Crippen molar-refractivity contribution in [3.05, 3.63) is 29.6 Å². The van der Waals surface area contributed by atoms with Crippen molar-refractivity contribution in [3.63, 3.8) is 0 Å². The van der Waals surface area contributed by atoms with Crippen molar-refractivity contribution >= 4 is 11.0 Å². The van der Waals surface area contributed by atoms with Crippen LogP contribution in [0.25, 0.3) is 11.0 Å². The van der Waals surface area contributed by atoms with Gasteiger partial charge in [0.1, 0.15) is 5.82 Å². The predicted molar refractivity (Wildman–Crippen MR) is 77.3 cm³/mol. The quantitative estimate of drug-likeness (QED) is 0.860. The Morgan fingerprint density at radius 1 is 1.50 bits per heavy atom. The van der Waals surface area contributed by atoms with Crippen LogP contribution >= 0.6 is 0 Å². The first-order valence-corrected chi connectivity index (χ1v) is 7.03. The lowest BCUT2D eigenvalue weighted by Gasteiger charge is -2.44. The zero-order valence-electron chi connectivity index (χ0n) is 12.2. The van der Waals surface area contributed by atoms with Crippen LogP contribution < -0.4 is 0 Å². The smallest absolute Gasteiger partial charge is 0.106 e. The number of aryl methyl sites for hydroxylation is 2. The normalized spacial score (nSPS) is 18.5. The molecule has 3 rings (SSSR count). The lowest BCUT2D eigenvalue weighted by Crippen LogP contribution is -2.51. The number of ether oxygens (including phenoxy) is 1. The van der Waals surface area contributed by atoms with Crippen LogP contribution in [0.2, 0.25) is 0 Å². The van der Waals surface area contributed by atoms with Crippen LogP contribution in [0.3, 0.4) is 0 Å². The Balaban J connectivity index is 2.11. The highest BCUT2D eigenvalue weighted by atomic mass is 16.5. The van der Waals surface area contributed by atoms with Crippen molar-refractivity contribution < 1.29 is 4.74 Å². The molecule has 0 aliphatic carbocycles. The summed E-state index contributed by atoms with van der Waals surface area (Å²) in [6.07, 6.45) is 0.846. The molecule has 1 aliphatic rings. The van der Waals surface area contributed by atoms with Crippen LogP contribution in [0, 0.1) is 24.2 Å². The summed E-state index contributed by atoms with van der Waals surface area (Å²) in [5, 5.41) is 9.42. The molecule has 1 aromatic heterocycles. The molecule has 0 amide bonds. The first kappa shape index (κ1) is 13.1. The molecule has 1 fully saturated rings. The number of nitriles is 1. The van der Waals surface area contributed by atoms with Gasteiger partial charge in [-0.2, -0.15) is 5.26 Å². The number of nitrogens with zero attached hydrogens (tertiary/aromatic N) is 3. The molecule has 1 aromatic carbocycles. The molecule has 20 heavy (non-hydrogen) atoms. The Hall–Kier alpha value is -1.86. The molecule has 1 unspecified atom stereocenters. The molecule has 0 saturated carbocycles. The van der Waals surface area contributed by atoms with Crippen molar-refractivity contribution in [1.82, 2.24) is 9.55 Å². The third-order valence-corrected chi connectivity index (χ3v) is 4.63. The van der Waals surface area contributed by atoms with Gasteiger partial charge in [-0.05, 0) is 31.0 Å². The molecule has 2 aromatic rings. The second-order valence-corrected chi connectivity index (χ2v) is 5.66. The minimum Gasteiger partial charge on any atom is -0.379 e. The van der Waals surface area contributed by atoms with Crippen molar-refractivity contribution in [1.29, 1.82) is 5.26 Å². The molecule has 4 heteroatoms. The van der Waals surface area contributed by atoms with E-state index >= 15 is 0 Å². The topological polar surface area (TPSA) is 50.8 Å². The number of hydrogen-bond donors (Lipinski definition) is 0. The molecule has 4 nitrogen and oxygen atoms in total. The van der Waals surface area contributed by atoms with E-state index < -0.39 is 0 Å². The van der Waals surface area contributed by atoms with Gasteiger partial charge in [-0.1, -0.05) is 13.0 Å². The maximum absolute atomic E-state index is 9.42. The lowest BCUT2D eigenvalue weighted by molar-refractivity contribution is -0.0804. The summed E-state index contributed by atoms with van der Waals surface area (Å²) in [6, 6.07) is 8.82. The third-order valence-electron chi connectivity index (χ3n) is 4.63. The Morgan fingerprint density at radius 3 is 2.80 bits per heavy atom. The van der Waals surface area contributed by atoms with E-state index in [1.165, 1.54) is 5.56 Å². The second-order valence-electron chi connectivity index (χ2n) is 5.66. The summed E-state index contributed by atoms with van der Waals surface area (Å²) < 4.78 is 7.53. The van der Waals surface area contributed by atoms with Crippen LogP contribution in [-0.4, -0.2) is 22.8 Å². The Labute approximate surface area is 119 Å². The molecule has 1 saturated heterocycles. The number of aromatic nitrogens is 2. The first-order valence-electron chi connectivity index (χ1n) is 7.03. The molecule has 0 N–H and O–H groups in total. The van der Waals surface area contributed by atoms with Crippen molar-refractivity contribution in [3.8, 4) is 6.07 Å². The van der Waals surface area contributed by atoms with Gasteiger partial charge in [-0.3, -0.25) is 0 Å². The summed E-state index contributed by atoms with van der Waals surface area (Å²) in [5.41, 5.74) is 3.17. The fourth-order valence-electron chi connectivity index (χ4n) is 3.13. The molecular weight excluding hydrogens is 250 g/mol. The van der Waals surface area contributed by atoms with Gasteiger partial charge in [0.15, 0.2) is 0 Å².